The molecule has 7 nitrogen and oxygen atoms in total. The van der Waals surface area contributed by atoms with Gasteiger partial charge in [-0.3, -0.25) is 4.79 Å². The number of hydrogen-bond donors (Lipinski definition) is 0. The fourth-order valence-electron chi connectivity index (χ4n) is 3.63. The molecule has 0 aliphatic carbocycles. The van der Waals surface area contributed by atoms with Crippen molar-refractivity contribution in [2.24, 2.45) is 0 Å². The number of carbonyl (C=O) groups is 2. The average molecular weight is 446 g/mol. The van der Waals surface area contributed by atoms with Gasteiger partial charge in [0, 0.05) is 6.07 Å². The molecule has 0 atom stereocenters. The van der Waals surface area contributed by atoms with Crippen LogP contribution in [-0.4, -0.2) is 33.1 Å². The molecule has 1 aliphatic rings. The Kier molecular flexibility index (Phi) is 6.04. The zero-order chi connectivity index (χ0) is 23.5. The molecule has 1 aliphatic heterocycles. The van der Waals surface area contributed by atoms with Crippen molar-refractivity contribution in [3.63, 3.8) is 0 Å². The Morgan fingerprint density at radius 1 is 0.879 bits per heavy atom. The number of hydrogen-bond acceptors (Lipinski definition) is 7. The molecule has 0 bridgehead atoms. The summed E-state index contributed by atoms with van der Waals surface area (Å²) < 4.78 is 27.2. The number of carbonyl (C=O) groups excluding carboxylic acids is 2. The van der Waals surface area contributed by atoms with Gasteiger partial charge in [-0.2, -0.15) is 0 Å². The van der Waals surface area contributed by atoms with Crippen LogP contribution in [0.25, 0.3) is 6.08 Å². The first-order valence-corrected chi connectivity index (χ1v) is 10.1. The van der Waals surface area contributed by atoms with Gasteiger partial charge in [0.1, 0.15) is 34.3 Å². The van der Waals surface area contributed by atoms with E-state index in [1.54, 1.807) is 50.4 Å². The second-order valence-corrected chi connectivity index (χ2v) is 7.26. The molecule has 0 aromatic heterocycles. The minimum absolute atomic E-state index is 0.163. The van der Waals surface area contributed by atoms with Crippen molar-refractivity contribution in [3.8, 4) is 28.7 Å². The lowest BCUT2D eigenvalue weighted by atomic mass is 10.0. The van der Waals surface area contributed by atoms with Gasteiger partial charge in [0.25, 0.3) is 0 Å². The molecule has 3 aromatic rings. The summed E-state index contributed by atoms with van der Waals surface area (Å²) in [6.07, 6.45) is 1.65. The van der Waals surface area contributed by atoms with Gasteiger partial charge in [0.2, 0.25) is 5.78 Å². The standard InChI is InChI=1S/C26H22O7/c1-15-11-18(32-26(28)24-19(30-3)9-6-10-20(24)31-4)14-21-23(15)25(27)22(33-21)13-16-7-5-8-17(12-16)29-2/h5-14H,1-4H3/b22-13-. The zero-order valence-electron chi connectivity index (χ0n) is 18.6. The third-order valence-electron chi connectivity index (χ3n) is 5.18. The molecule has 0 N–H and O–H groups in total. The van der Waals surface area contributed by atoms with Gasteiger partial charge in [-0.1, -0.05) is 18.2 Å². The molecule has 0 unspecified atom stereocenters. The van der Waals surface area contributed by atoms with Gasteiger partial charge in [0.05, 0.1) is 26.9 Å². The van der Waals surface area contributed by atoms with Crippen LogP contribution in [0.15, 0.2) is 60.4 Å². The molecular formula is C26H22O7. The van der Waals surface area contributed by atoms with E-state index in [0.717, 1.165) is 5.56 Å². The highest BCUT2D eigenvalue weighted by Crippen LogP contribution is 2.38. The van der Waals surface area contributed by atoms with E-state index in [4.69, 9.17) is 23.7 Å². The van der Waals surface area contributed by atoms with Crippen LogP contribution in [0.2, 0.25) is 0 Å². The molecule has 3 aromatic carbocycles. The van der Waals surface area contributed by atoms with Crippen LogP contribution < -0.4 is 23.7 Å². The van der Waals surface area contributed by atoms with Crippen molar-refractivity contribution in [2.45, 2.75) is 6.92 Å². The molecule has 4 rings (SSSR count). The number of rotatable bonds is 6. The minimum atomic E-state index is -0.653. The van der Waals surface area contributed by atoms with Crippen molar-refractivity contribution >= 4 is 17.8 Å². The third-order valence-corrected chi connectivity index (χ3v) is 5.18. The summed E-state index contributed by atoms with van der Waals surface area (Å²) in [5.41, 5.74) is 1.98. The highest BCUT2D eigenvalue weighted by atomic mass is 16.5. The highest BCUT2D eigenvalue weighted by Gasteiger charge is 2.31. The van der Waals surface area contributed by atoms with E-state index < -0.39 is 5.97 Å². The van der Waals surface area contributed by atoms with E-state index in [0.29, 0.717) is 34.1 Å². The second kappa shape index (κ2) is 9.08. The summed E-state index contributed by atoms with van der Waals surface area (Å²) in [4.78, 5) is 25.8. The van der Waals surface area contributed by atoms with Crippen molar-refractivity contribution in [1.29, 1.82) is 0 Å². The van der Waals surface area contributed by atoms with Crippen LogP contribution in [0, 0.1) is 6.92 Å². The average Bonchev–Trinajstić information content (AvgIpc) is 3.13. The predicted octanol–water partition coefficient (Wildman–Crippen LogP) is 4.86. The van der Waals surface area contributed by atoms with E-state index in [1.807, 2.05) is 18.2 Å². The maximum atomic E-state index is 12.9. The fourth-order valence-corrected chi connectivity index (χ4v) is 3.63. The molecule has 7 heteroatoms. The van der Waals surface area contributed by atoms with Crippen LogP contribution in [0.4, 0.5) is 0 Å². The fraction of sp³-hybridized carbons (Fsp3) is 0.154. The summed E-state index contributed by atoms with van der Waals surface area (Å²) in [5.74, 6) is 1.17. The summed E-state index contributed by atoms with van der Waals surface area (Å²) in [6.45, 7) is 1.76. The monoisotopic (exact) mass is 446 g/mol. The van der Waals surface area contributed by atoms with E-state index in [1.165, 1.54) is 20.3 Å². The maximum absolute atomic E-state index is 12.9. The van der Waals surface area contributed by atoms with Crippen molar-refractivity contribution in [1.82, 2.24) is 0 Å². The van der Waals surface area contributed by atoms with Gasteiger partial charge in [-0.05, 0) is 54.5 Å². The Morgan fingerprint density at radius 3 is 2.24 bits per heavy atom. The molecule has 0 fully saturated rings. The van der Waals surface area contributed by atoms with Gasteiger partial charge < -0.3 is 23.7 Å². The molecule has 0 spiro atoms. The molecule has 0 radical (unpaired) electrons. The number of ketones is 1. The number of aryl methyl sites for hydroxylation is 1. The van der Waals surface area contributed by atoms with Crippen LogP contribution in [0.5, 0.6) is 28.7 Å². The number of fused-ring (bicyclic) bond motifs is 1. The minimum Gasteiger partial charge on any atom is -0.497 e. The van der Waals surface area contributed by atoms with Crippen LogP contribution >= 0.6 is 0 Å². The van der Waals surface area contributed by atoms with Crippen LogP contribution in [-0.2, 0) is 0 Å². The third kappa shape index (κ3) is 4.25. The lowest BCUT2D eigenvalue weighted by Crippen LogP contribution is -2.12. The lowest BCUT2D eigenvalue weighted by molar-refractivity contribution is 0.0727. The first kappa shape index (κ1) is 22.0. The van der Waals surface area contributed by atoms with Gasteiger partial charge in [-0.25, -0.2) is 4.79 Å². The Morgan fingerprint density at radius 2 is 1.58 bits per heavy atom. The quantitative estimate of drug-likeness (QED) is 0.304. The van der Waals surface area contributed by atoms with E-state index in [9.17, 15) is 9.59 Å². The number of benzene rings is 3. The molecule has 0 saturated heterocycles. The van der Waals surface area contributed by atoms with Crippen molar-refractivity contribution in [2.75, 3.05) is 21.3 Å². The molecule has 168 valence electrons. The van der Waals surface area contributed by atoms with Crippen molar-refractivity contribution < 1.29 is 33.3 Å². The highest BCUT2D eigenvalue weighted by molar-refractivity contribution is 6.15. The smallest absolute Gasteiger partial charge is 0.351 e. The summed E-state index contributed by atoms with van der Waals surface area (Å²) >= 11 is 0. The number of methoxy groups -OCH3 is 3. The van der Waals surface area contributed by atoms with E-state index >= 15 is 0 Å². The van der Waals surface area contributed by atoms with E-state index in [2.05, 4.69) is 0 Å². The number of ether oxygens (including phenoxy) is 5. The molecule has 33 heavy (non-hydrogen) atoms. The first-order valence-electron chi connectivity index (χ1n) is 10.1. The van der Waals surface area contributed by atoms with Crippen LogP contribution in [0.3, 0.4) is 0 Å². The molecule has 0 saturated carbocycles. The Hall–Kier alpha value is -4.26. The molecular weight excluding hydrogens is 424 g/mol. The Bertz CT molecular complexity index is 1250. The largest absolute Gasteiger partial charge is 0.497 e. The summed E-state index contributed by atoms with van der Waals surface area (Å²) in [5, 5.41) is 0. The number of esters is 1. The van der Waals surface area contributed by atoms with Gasteiger partial charge in [0.15, 0.2) is 5.76 Å². The normalized spacial score (nSPS) is 13.3. The van der Waals surface area contributed by atoms with E-state index in [-0.39, 0.29) is 22.9 Å². The molecule has 1 heterocycles. The van der Waals surface area contributed by atoms with Gasteiger partial charge in [-0.15, -0.1) is 0 Å². The Labute approximate surface area is 191 Å². The Balaban J connectivity index is 1.63. The summed E-state index contributed by atoms with van der Waals surface area (Å²) in [6, 6.07) is 15.4. The van der Waals surface area contributed by atoms with Crippen LogP contribution in [0.1, 0.15) is 31.8 Å². The number of allylic oxidation sites excluding steroid dienone is 1. The zero-order valence-corrected chi connectivity index (χ0v) is 18.6. The maximum Gasteiger partial charge on any atom is 0.351 e. The van der Waals surface area contributed by atoms with Crippen molar-refractivity contribution in [3.05, 3.63) is 82.6 Å². The summed E-state index contributed by atoms with van der Waals surface area (Å²) in [7, 11) is 4.49. The SMILES string of the molecule is COc1cccc(/C=C2\Oc3cc(OC(=O)c4c(OC)cccc4OC)cc(C)c3C2=O)c1. The first-order chi connectivity index (χ1) is 15.9. The predicted molar refractivity (Wildman–Crippen MR) is 122 cm³/mol. The molecule has 0 amide bonds. The second-order valence-electron chi connectivity index (χ2n) is 7.26. The number of Topliss-reactive ketones (excluding diaryl/α,β-unsaturated/α-hetero) is 1. The topological polar surface area (TPSA) is 80.3 Å². The lowest BCUT2D eigenvalue weighted by Gasteiger charge is -2.13. The van der Waals surface area contributed by atoms with Gasteiger partial charge >= 0.3 is 5.97 Å².